The van der Waals surface area contributed by atoms with E-state index in [9.17, 15) is 0 Å². The lowest BCUT2D eigenvalue weighted by Crippen LogP contribution is -2.27. The summed E-state index contributed by atoms with van der Waals surface area (Å²) in [7, 11) is 0. The number of thiophene rings is 1. The molecule has 1 nitrogen and oxygen atoms in total. The van der Waals surface area contributed by atoms with Crippen molar-refractivity contribution in [3.8, 4) is 0 Å². The second kappa shape index (κ2) is 7.86. The molecule has 1 aromatic heterocycles. The fourth-order valence-electron chi connectivity index (χ4n) is 2.00. The third-order valence-corrected chi connectivity index (χ3v) is 4.13. The van der Waals surface area contributed by atoms with E-state index in [1.165, 1.54) is 35.4 Å². The second-order valence-corrected chi connectivity index (χ2v) is 5.63. The van der Waals surface area contributed by atoms with Crippen LogP contribution in [-0.2, 0) is 13.0 Å². The van der Waals surface area contributed by atoms with Crippen LogP contribution in [0.25, 0.3) is 0 Å². The van der Waals surface area contributed by atoms with E-state index in [1.54, 1.807) is 0 Å². The van der Waals surface area contributed by atoms with E-state index in [-0.39, 0.29) is 0 Å². The molecule has 0 saturated carbocycles. The van der Waals surface area contributed by atoms with Crippen LogP contribution in [0, 0.1) is 0 Å². The Bertz CT molecular complexity index is 274. The Morgan fingerprint density at radius 2 is 1.69 bits per heavy atom. The van der Waals surface area contributed by atoms with Gasteiger partial charge in [-0.25, -0.2) is 0 Å². The topological polar surface area (TPSA) is 12.0 Å². The van der Waals surface area contributed by atoms with Gasteiger partial charge in [-0.2, -0.15) is 0 Å². The van der Waals surface area contributed by atoms with Gasteiger partial charge in [0.05, 0.1) is 0 Å². The molecule has 1 heterocycles. The van der Waals surface area contributed by atoms with E-state index < -0.39 is 0 Å². The van der Waals surface area contributed by atoms with Crippen molar-refractivity contribution in [3.63, 3.8) is 0 Å². The molecule has 0 aliphatic heterocycles. The Balaban J connectivity index is 2.35. The van der Waals surface area contributed by atoms with E-state index in [4.69, 9.17) is 0 Å². The quantitative estimate of drug-likeness (QED) is 0.710. The second-order valence-electron chi connectivity index (χ2n) is 4.38. The number of hydrogen-bond donors (Lipinski definition) is 1. The lowest BCUT2D eigenvalue weighted by atomic mass is 10.1. The summed E-state index contributed by atoms with van der Waals surface area (Å²) in [6.45, 7) is 7.81. The first-order valence-electron chi connectivity index (χ1n) is 6.61. The SMILES string of the molecule is CCCC(CCC)NCc1ccc(CC)s1. The fraction of sp³-hybridized carbons (Fsp3) is 0.714. The zero-order chi connectivity index (χ0) is 11.8. The van der Waals surface area contributed by atoms with Crippen LogP contribution in [0.15, 0.2) is 12.1 Å². The molecule has 0 aliphatic carbocycles. The van der Waals surface area contributed by atoms with Gasteiger partial charge in [0.2, 0.25) is 0 Å². The number of aryl methyl sites for hydroxylation is 1. The van der Waals surface area contributed by atoms with Crippen LogP contribution in [-0.4, -0.2) is 6.04 Å². The van der Waals surface area contributed by atoms with Gasteiger partial charge in [0.1, 0.15) is 0 Å². The van der Waals surface area contributed by atoms with Gasteiger partial charge >= 0.3 is 0 Å². The molecule has 1 N–H and O–H groups in total. The maximum absolute atomic E-state index is 3.69. The summed E-state index contributed by atoms with van der Waals surface area (Å²) in [5, 5.41) is 3.69. The zero-order valence-electron chi connectivity index (χ0n) is 10.9. The molecular formula is C14H25NS. The average molecular weight is 239 g/mol. The Labute approximate surface area is 104 Å². The van der Waals surface area contributed by atoms with Gasteiger partial charge in [0.25, 0.3) is 0 Å². The first kappa shape index (κ1) is 13.7. The standard InChI is InChI=1S/C14H25NS/c1-4-7-12(8-5-2)15-11-14-10-9-13(6-3)16-14/h9-10,12,15H,4-8,11H2,1-3H3. The van der Waals surface area contributed by atoms with Crippen LogP contribution >= 0.6 is 11.3 Å². The van der Waals surface area contributed by atoms with Gasteiger partial charge in [-0.3, -0.25) is 0 Å². The highest BCUT2D eigenvalue weighted by Crippen LogP contribution is 2.17. The highest BCUT2D eigenvalue weighted by molar-refractivity contribution is 7.11. The normalized spacial score (nSPS) is 11.2. The third-order valence-electron chi connectivity index (χ3n) is 2.91. The average Bonchev–Trinajstić information content (AvgIpc) is 2.74. The highest BCUT2D eigenvalue weighted by Gasteiger charge is 2.06. The first-order chi connectivity index (χ1) is 7.80. The van der Waals surface area contributed by atoms with Crippen molar-refractivity contribution < 1.29 is 0 Å². The first-order valence-corrected chi connectivity index (χ1v) is 7.42. The van der Waals surface area contributed by atoms with Crippen molar-refractivity contribution in [2.24, 2.45) is 0 Å². The minimum Gasteiger partial charge on any atom is -0.309 e. The lowest BCUT2D eigenvalue weighted by molar-refractivity contribution is 0.445. The summed E-state index contributed by atoms with van der Waals surface area (Å²) >= 11 is 1.95. The summed E-state index contributed by atoms with van der Waals surface area (Å²) in [5.41, 5.74) is 0. The van der Waals surface area contributed by atoms with Crippen LogP contribution in [0.3, 0.4) is 0 Å². The molecule has 0 radical (unpaired) electrons. The predicted octanol–water partition coefficient (Wildman–Crippen LogP) is 4.37. The Kier molecular flexibility index (Phi) is 6.74. The van der Waals surface area contributed by atoms with Crippen LogP contribution in [0.2, 0.25) is 0 Å². The van der Waals surface area contributed by atoms with Gasteiger partial charge in [0, 0.05) is 22.3 Å². The summed E-state index contributed by atoms with van der Waals surface area (Å²) < 4.78 is 0. The van der Waals surface area contributed by atoms with E-state index in [0.717, 1.165) is 13.0 Å². The molecule has 16 heavy (non-hydrogen) atoms. The zero-order valence-corrected chi connectivity index (χ0v) is 11.7. The molecule has 0 atom stereocenters. The molecule has 1 rings (SSSR count). The molecule has 0 saturated heterocycles. The minimum atomic E-state index is 0.710. The molecule has 0 amide bonds. The smallest absolute Gasteiger partial charge is 0.0302 e. The van der Waals surface area contributed by atoms with Crippen molar-refractivity contribution in [2.45, 2.75) is 65.5 Å². The van der Waals surface area contributed by atoms with Gasteiger partial charge < -0.3 is 5.32 Å². The Morgan fingerprint density at radius 1 is 1.06 bits per heavy atom. The van der Waals surface area contributed by atoms with E-state index >= 15 is 0 Å². The molecule has 2 heteroatoms. The van der Waals surface area contributed by atoms with Crippen LogP contribution in [0.5, 0.6) is 0 Å². The summed E-state index contributed by atoms with van der Waals surface area (Å²) in [4.78, 5) is 2.98. The van der Waals surface area contributed by atoms with Gasteiger partial charge in [-0.1, -0.05) is 33.6 Å². The summed E-state index contributed by atoms with van der Waals surface area (Å²) in [5.74, 6) is 0. The number of hydrogen-bond acceptors (Lipinski definition) is 2. The molecule has 0 bridgehead atoms. The molecule has 0 aromatic carbocycles. The Hall–Kier alpha value is -0.340. The van der Waals surface area contributed by atoms with Crippen molar-refractivity contribution in [1.82, 2.24) is 5.32 Å². The van der Waals surface area contributed by atoms with Gasteiger partial charge in [-0.05, 0) is 31.4 Å². The monoisotopic (exact) mass is 239 g/mol. The summed E-state index contributed by atoms with van der Waals surface area (Å²) in [6.07, 6.45) is 6.34. The maximum Gasteiger partial charge on any atom is 0.0302 e. The summed E-state index contributed by atoms with van der Waals surface area (Å²) in [6, 6.07) is 5.24. The lowest BCUT2D eigenvalue weighted by Gasteiger charge is -2.16. The number of nitrogens with one attached hydrogen (secondary N) is 1. The van der Waals surface area contributed by atoms with Gasteiger partial charge in [-0.15, -0.1) is 11.3 Å². The van der Waals surface area contributed by atoms with E-state index in [1.807, 2.05) is 11.3 Å². The van der Waals surface area contributed by atoms with E-state index in [0.29, 0.717) is 6.04 Å². The largest absolute Gasteiger partial charge is 0.309 e. The minimum absolute atomic E-state index is 0.710. The highest BCUT2D eigenvalue weighted by atomic mass is 32.1. The van der Waals surface area contributed by atoms with Crippen molar-refractivity contribution in [1.29, 1.82) is 0 Å². The Morgan fingerprint density at radius 3 is 2.19 bits per heavy atom. The molecule has 0 aliphatic rings. The van der Waals surface area contributed by atoms with Crippen LogP contribution in [0.1, 0.15) is 56.2 Å². The van der Waals surface area contributed by atoms with Crippen molar-refractivity contribution >= 4 is 11.3 Å². The maximum atomic E-state index is 3.69. The molecule has 0 spiro atoms. The van der Waals surface area contributed by atoms with Crippen molar-refractivity contribution in [3.05, 3.63) is 21.9 Å². The van der Waals surface area contributed by atoms with Crippen molar-refractivity contribution in [2.75, 3.05) is 0 Å². The van der Waals surface area contributed by atoms with Gasteiger partial charge in [0.15, 0.2) is 0 Å². The molecule has 92 valence electrons. The molecular weight excluding hydrogens is 214 g/mol. The van der Waals surface area contributed by atoms with E-state index in [2.05, 4.69) is 38.2 Å². The number of rotatable bonds is 8. The molecule has 0 unspecified atom stereocenters. The van der Waals surface area contributed by atoms with Crippen LogP contribution < -0.4 is 5.32 Å². The van der Waals surface area contributed by atoms with Crippen LogP contribution in [0.4, 0.5) is 0 Å². The predicted molar refractivity (Wildman–Crippen MR) is 74.1 cm³/mol. The fourth-order valence-corrected chi connectivity index (χ4v) is 2.91. The third kappa shape index (κ3) is 4.67. The molecule has 0 fully saturated rings. The molecule has 1 aromatic rings.